The van der Waals surface area contributed by atoms with Gasteiger partial charge in [-0.05, 0) is 43.4 Å². The maximum Gasteiger partial charge on any atom is 0.260 e. The van der Waals surface area contributed by atoms with Gasteiger partial charge in [0, 0.05) is 19.1 Å². The summed E-state index contributed by atoms with van der Waals surface area (Å²) in [6, 6.07) is 5.40. The number of sulfonamides is 1. The lowest BCUT2D eigenvalue weighted by Crippen LogP contribution is -2.50. The van der Waals surface area contributed by atoms with E-state index < -0.39 is 10.0 Å². The van der Waals surface area contributed by atoms with Gasteiger partial charge in [0.2, 0.25) is 10.0 Å². The van der Waals surface area contributed by atoms with Crippen LogP contribution >= 0.6 is 0 Å². The predicted octanol–water partition coefficient (Wildman–Crippen LogP) is 1.73. The zero-order valence-corrected chi connectivity index (χ0v) is 16.8. The van der Waals surface area contributed by atoms with Crippen LogP contribution in [0.5, 0.6) is 11.5 Å². The third-order valence-electron chi connectivity index (χ3n) is 4.49. The summed E-state index contributed by atoms with van der Waals surface area (Å²) in [5, 5.41) is 0. The monoisotopic (exact) mass is 396 g/mol. The molecule has 1 aliphatic heterocycles. The molecule has 0 aliphatic carbocycles. The summed E-state index contributed by atoms with van der Waals surface area (Å²) in [4.78, 5) is 14.4. The molecule has 0 aromatic heterocycles. The fourth-order valence-electron chi connectivity index (χ4n) is 3.14. The molecule has 0 unspecified atom stereocenters. The molecular weight excluding hydrogens is 368 g/mol. The number of nitrogens with one attached hydrogen (secondary N) is 1. The van der Waals surface area contributed by atoms with Crippen LogP contribution in [0.2, 0.25) is 0 Å². The fraction of sp³-hybridized carbons (Fsp3) is 0.526. The molecule has 8 heteroatoms. The van der Waals surface area contributed by atoms with Crippen molar-refractivity contribution in [3.63, 3.8) is 0 Å². The first-order valence-corrected chi connectivity index (χ1v) is 10.9. The zero-order valence-electron chi connectivity index (χ0n) is 15.9. The quantitative estimate of drug-likeness (QED) is 0.643. The van der Waals surface area contributed by atoms with Gasteiger partial charge in [0.25, 0.3) is 5.91 Å². The van der Waals surface area contributed by atoms with Crippen LogP contribution in [0.1, 0.15) is 24.8 Å². The molecule has 0 saturated carbocycles. The number of amides is 1. The average Bonchev–Trinajstić information content (AvgIpc) is 2.64. The van der Waals surface area contributed by atoms with E-state index in [2.05, 4.69) is 11.3 Å². The molecule has 1 N–H and O–H groups in total. The van der Waals surface area contributed by atoms with E-state index in [0.717, 1.165) is 37.5 Å². The second kappa shape index (κ2) is 9.75. The van der Waals surface area contributed by atoms with Crippen LogP contribution < -0.4 is 14.2 Å². The van der Waals surface area contributed by atoms with Crippen molar-refractivity contribution in [2.24, 2.45) is 0 Å². The molecule has 0 spiro atoms. The van der Waals surface area contributed by atoms with Crippen LogP contribution in [0.3, 0.4) is 0 Å². The summed E-state index contributed by atoms with van der Waals surface area (Å²) < 4.78 is 36.2. The van der Waals surface area contributed by atoms with E-state index in [1.807, 2.05) is 12.1 Å². The van der Waals surface area contributed by atoms with Gasteiger partial charge < -0.3 is 14.4 Å². The fourth-order valence-corrected chi connectivity index (χ4v) is 3.63. The van der Waals surface area contributed by atoms with E-state index in [-0.39, 0.29) is 25.1 Å². The topological polar surface area (TPSA) is 84.9 Å². The number of methoxy groups -OCH3 is 1. The van der Waals surface area contributed by atoms with E-state index in [9.17, 15) is 13.2 Å². The van der Waals surface area contributed by atoms with Crippen molar-refractivity contribution in [1.82, 2.24) is 9.62 Å². The number of carbonyl (C=O) groups is 1. The van der Waals surface area contributed by atoms with Crippen molar-refractivity contribution >= 4 is 15.9 Å². The Hall–Kier alpha value is -2.06. The zero-order chi connectivity index (χ0) is 19.9. The van der Waals surface area contributed by atoms with E-state index >= 15 is 0 Å². The lowest BCUT2D eigenvalue weighted by Gasteiger charge is -2.35. The van der Waals surface area contributed by atoms with E-state index in [1.165, 1.54) is 0 Å². The van der Waals surface area contributed by atoms with E-state index in [1.54, 1.807) is 24.2 Å². The highest BCUT2D eigenvalue weighted by Crippen LogP contribution is 2.28. The second-order valence-electron chi connectivity index (χ2n) is 6.62. The van der Waals surface area contributed by atoms with Crippen LogP contribution in [0, 0.1) is 0 Å². The molecule has 0 bridgehead atoms. The number of allylic oxidation sites excluding steroid dienone is 1. The molecule has 1 amide bonds. The highest BCUT2D eigenvalue weighted by atomic mass is 32.2. The molecule has 1 fully saturated rings. The Morgan fingerprint density at radius 1 is 1.37 bits per heavy atom. The molecule has 27 heavy (non-hydrogen) atoms. The minimum Gasteiger partial charge on any atom is -0.493 e. The van der Waals surface area contributed by atoms with Crippen LogP contribution in [-0.4, -0.2) is 58.3 Å². The summed E-state index contributed by atoms with van der Waals surface area (Å²) in [6.45, 7) is 4.43. The molecule has 1 aliphatic rings. The van der Waals surface area contributed by atoms with Gasteiger partial charge in [-0.3, -0.25) is 4.79 Å². The molecule has 150 valence electrons. The third kappa shape index (κ3) is 6.55. The Morgan fingerprint density at radius 3 is 2.81 bits per heavy atom. The molecule has 1 atom stereocenters. The van der Waals surface area contributed by atoms with Gasteiger partial charge in [0.05, 0.1) is 13.4 Å². The van der Waals surface area contributed by atoms with Gasteiger partial charge in [-0.2, -0.15) is 0 Å². The second-order valence-corrected chi connectivity index (χ2v) is 8.46. The number of hydrogen-bond acceptors (Lipinski definition) is 5. The van der Waals surface area contributed by atoms with Crippen LogP contribution in [0.15, 0.2) is 30.9 Å². The van der Waals surface area contributed by atoms with Crippen molar-refractivity contribution in [3.05, 3.63) is 36.4 Å². The first-order chi connectivity index (χ1) is 12.8. The van der Waals surface area contributed by atoms with Gasteiger partial charge in [-0.1, -0.05) is 12.1 Å². The Bertz CT molecular complexity index is 763. The largest absolute Gasteiger partial charge is 0.493 e. The van der Waals surface area contributed by atoms with Gasteiger partial charge in [0.15, 0.2) is 18.1 Å². The lowest BCUT2D eigenvalue weighted by molar-refractivity contribution is -0.136. The first kappa shape index (κ1) is 21.2. The number of carbonyl (C=O) groups excluding carboxylic acids is 1. The van der Waals surface area contributed by atoms with E-state index in [4.69, 9.17) is 9.47 Å². The first-order valence-electron chi connectivity index (χ1n) is 8.98. The molecule has 1 aromatic rings. The summed E-state index contributed by atoms with van der Waals surface area (Å²) in [6.07, 6.45) is 6.29. The van der Waals surface area contributed by atoms with Crippen LogP contribution in [-0.2, 0) is 21.2 Å². The number of ether oxygens (including phenoxy) is 2. The summed E-state index contributed by atoms with van der Waals surface area (Å²) in [5.74, 6) is 0.907. The number of hydrogen-bond donors (Lipinski definition) is 1. The van der Waals surface area contributed by atoms with Gasteiger partial charge in [-0.25, -0.2) is 13.1 Å². The van der Waals surface area contributed by atoms with Crippen molar-refractivity contribution in [2.45, 2.75) is 31.7 Å². The Morgan fingerprint density at radius 2 is 2.15 bits per heavy atom. The third-order valence-corrected chi connectivity index (χ3v) is 5.18. The Labute approximate surface area is 161 Å². The molecule has 2 rings (SSSR count). The minimum atomic E-state index is -3.29. The predicted molar refractivity (Wildman–Crippen MR) is 105 cm³/mol. The maximum atomic E-state index is 12.6. The number of piperidine rings is 1. The van der Waals surface area contributed by atoms with Crippen LogP contribution in [0.25, 0.3) is 0 Å². The molecule has 1 heterocycles. The van der Waals surface area contributed by atoms with Crippen molar-refractivity contribution < 1.29 is 22.7 Å². The standard InChI is InChI=1S/C19H28N2O5S/c1-4-7-15-9-10-17(18(12-15)25-2)26-14-19(22)21-11-6-5-8-16(21)13-20-27(3,23)24/h4,9-10,12,16,20H,1,5-8,11,13-14H2,2-3H3/t16-/m0/s1. The molecule has 7 nitrogen and oxygen atoms in total. The molecule has 0 radical (unpaired) electrons. The number of nitrogens with zero attached hydrogens (tertiary/aromatic N) is 1. The molecule has 1 aromatic carbocycles. The summed E-state index contributed by atoms with van der Waals surface area (Å²) >= 11 is 0. The normalized spacial score (nSPS) is 17.4. The lowest BCUT2D eigenvalue weighted by atomic mass is 10.0. The highest BCUT2D eigenvalue weighted by molar-refractivity contribution is 7.88. The number of likely N-dealkylation sites (tertiary alicyclic amines) is 1. The molecule has 1 saturated heterocycles. The highest BCUT2D eigenvalue weighted by Gasteiger charge is 2.27. The van der Waals surface area contributed by atoms with Crippen LogP contribution in [0.4, 0.5) is 0 Å². The van der Waals surface area contributed by atoms with Crippen molar-refractivity contribution in [2.75, 3.05) is 33.1 Å². The maximum absolute atomic E-state index is 12.6. The van der Waals surface area contributed by atoms with Gasteiger partial charge in [0.1, 0.15) is 0 Å². The van der Waals surface area contributed by atoms with Crippen molar-refractivity contribution in [1.29, 1.82) is 0 Å². The van der Waals surface area contributed by atoms with Crippen molar-refractivity contribution in [3.8, 4) is 11.5 Å². The number of rotatable bonds is 9. The molecular formula is C19H28N2O5S. The Balaban J connectivity index is 1.99. The van der Waals surface area contributed by atoms with E-state index in [0.29, 0.717) is 18.0 Å². The smallest absolute Gasteiger partial charge is 0.260 e. The Kier molecular flexibility index (Phi) is 7.67. The average molecular weight is 397 g/mol. The van der Waals surface area contributed by atoms with Gasteiger partial charge >= 0.3 is 0 Å². The number of benzene rings is 1. The summed E-state index contributed by atoms with van der Waals surface area (Å²) in [5.41, 5.74) is 1.04. The summed E-state index contributed by atoms with van der Waals surface area (Å²) in [7, 11) is -1.73. The SMILES string of the molecule is C=CCc1ccc(OCC(=O)N2CCCC[C@H]2CNS(C)(=O)=O)c(OC)c1. The van der Waals surface area contributed by atoms with Gasteiger partial charge in [-0.15, -0.1) is 6.58 Å². The minimum absolute atomic E-state index is 0.119.